The lowest BCUT2D eigenvalue weighted by molar-refractivity contribution is -0.132. The minimum Gasteiger partial charge on any atom is -0.337 e. The summed E-state index contributed by atoms with van der Waals surface area (Å²) in [6.07, 6.45) is 5.44. The summed E-state index contributed by atoms with van der Waals surface area (Å²) in [7, 11) is 0. The Morgan fingerprint density at radius 3 is 2.65 bits per heavy atom. The number of hydrogen-bond donors (Lipinski definition) is 1. The fourth-order valence-corrected chi connectivity index (χ4v) is 1.60. The summed E-state index contributed by atoms with van der Waals surface area (Å²) in [5, 5.41) is 0. The van der Waals surface area contributed by atoms with Gasteiger partial charge in [0.1, 0.15) is 0 Å². The molecule has 0 fully saturated rings. The fraction of sp³-hybridized carbons (Fsp3) is 0.357. The summed E-state index contributed by atoms with van der Waals surface area (Å²) in [5.74, 6) is 2.33. The highest BCUT2D eigenvalue weighted by atomic mass is 16.2. The van der Waals surface area contributed by atoms with Crippen molar-refractivity contribution >= 4 is 5.91 Å². The fourth-order valence-electron chi connectivity index (χ4n) is 1.60. The van der Waals surface area contributed by atoms with Crippen LogP contribution in [0.4, 0.5) is 0 Å². The van der Waals surface area contributed by atoms with Crippen molar-refractivity contribution in [1.82, 2.24) is 4.90 Å². The quantitative estimate of drug-likeness (QED) is 0.777. The van der Waals surface area contributed by atoms with Crippen LogP contribution in [-0.4, -0.2) is 23.4 Å². The number of likely N-dealkylation sites (N-methyl/N-ethyl adjacent to an activating group) is 1. The molecule has 0 spiro atoms. The largest absolute Gasteiger partial charge is 0.337 e. The normalized spacial score (nSPS) is 11.6. The molecule has 1 atom stereocenters. The molecule has 0 saturated heterocycles. The van der Waals surface area contributed by atoms with E-state index in [1.807, 2.05) is 37.3 Å². The van der Waals surface area contributed by atoms with E-state index < -0.39 is 6.04 Å². The topological polar surface area (TPSA) is 46.3 Å². The summed E-state index contributed by atoms with van der Waals surface area (Å²) in [6.45, 7) is 3.14. The number of nitrogens with zero attached hydrogens (tertiary/aromatic N) is 1. The molecule has 0 radical (unpaired) electrons. The molecule has 0 aliphatic carbocycles. The van der Waals surface area contributed by atoms with Gasteiger partial charge in [-0.1, -0.05) is 30.3 Å². The molecule has 0 aliphatic rings. The van der Waals surface area contributed by atoms with Gasteiger partial charge in [-0.3, -0.25) is 4.79 Å². The Morgan fingerprint density at radius 2 is 2.12 bits per heavy atom. The van der Waals surface area contributed by atoms with Crippen molar-refractivity contribution in [2.24, 2.45) is 5.73 Å². The van der Waals surface area contributed by atoms with Gasteiger partial charge in [0.05, 0.1) is 6.04 Å². The van der Waals surface area contributed by atoms with E-state index in [-0.39, 0.29) is 12.3 Å². The van der Waals surface area contributed by atoms with Crippen LogP contribution in [0.3, 0.4) is 0 Å². The maximum absolute atomic E-state index is 12.0. The maximum atomic E-state index is 12.0. The molecule has 0 aromatic heterocycles. The van der Waals surface area contributed by atoms with Gasteiger partial charge in [-0.2, -0.15) is 0 Å². The molecule has 1 aromatic rings. The van der Waals surface area contributed by atoms with E-state index in [1.54, 1.807) is 4.90 Å². The van der Waals surface area contributed by atoms with Gasteiger partial charge in [0.15, 0.2) is 0 Å². The zero-order chi connectivity index (χ0) is 12.7. The predicted molar refractivity (Wildman–Crippen MR) is 69.0 cm³/mol. The number of rotatable bonds is 5. The van der Waals surface area contributed by atoms with Gasteiger partial charge < -0.3 is 10.6 Å². The van der Waals surface area contributed by atoms with Crippen LogP contribution in [0.1, 0.15) is 18.9 Å². The Balaban J connectivity index is 2.66. The van der Waals surface area contributed by atoms with Crippen LogP contribution in [0.25, 0.3) is 0 Å². The van der Waals surface area contributed by atoms with Gasteiger partial charge in [0.25, 0.3) is 0 Å². The molecule has 1 rings (SSSR count). The van der Waals surface area contributed by atoms with Gasteiger partial charge in [0, 0.05) is 19.5 Å². The third kappa shape index (κ3) is 3.93. The predicted octanol–water partition coefficient (Wildman–Crippen LogP) is 1.39. The summed E-state index contributed by atoms with van der Waals surface area (Å²) in [4.78, 5) is 13.7. The molecule has 3 heteroatoms. The van der Waals surface area contributed by atoms with Crippen LogP contribution in [0.5, 0.6) is 0 Å². The first-order chi connectivity index (χ1) is 8.19. The van der Waals surface area contributed by atoms with Crippen molar-refractivity contribution in [2.75, 3.05) is 6.54 Å². The Kier molecular flexibility index (Phi) is 5.25. The zero-order valence-electron chi connectivity index (χ0n) is 10.1. The molecular formula is C14H18N2O. The Morgan fingerprint density at radius 1 is 1.47 bits per heavy atom. The van der Waals surface area contributed by atoms with Crippen LogP contribution in [0.15, 0.2) is 30.3 Å². The molecule has 0 bridgehead atoms. The Bertz CT molecular complexity index is 394. The van der Waals surface area contributed by atoms with E-state index in [4.69, 9.17) is 12.2 Å². The number of terminal acetylenes is 1. The summed E-state index contributed by atoms with van der Waals surface area (Å²) in [6, 6.07) is 9.24. The first-order valence-electron chi connectivity index (χ1n) is 5.70. The van der Waals surface area contributed by atoms with E-state index in [1.165, 1.54) is 0 Å². The first kappa shape index (κ1) is 13.3. The van der Waals surface area contributed by atoms with E-state index in [2.05, 4.69) is 5.92 Å². The number of nitrogens with two attached hydrogens (primary N) is 1. The minimum atomic E-state index is -0.594. The maximum Gasteiger partial charge on any atom is 0.240 e. The monoisotopic (exact) mass is 230 g/mol. The lowest BCUT2D eigenvalue weighted by Gasteiger charge is -2.23. The molecule has 90 valence electrons. The van der Waals surface area contributed by atoms with E-state index in [9.17, 15) is 4.79 Å². The molecule has 0 aliphatic heterocycles. The summed E-state index contributed by atoms with van der Waals surface area (Å²) in [5.41, 5.74) is 6.82. The van der Waals surface area contributed by atoms with Crippen LogP contribution in [0.2, 0.25) is 0 Å². The lowest BCUT2D eigenvalue weighted by Crippen LogP contribution is -2.43. The molecule has 2 N–H and O–H groups in total. The first-order valence-corrected chi connectivity index (χ1v) is 5.70. The number of benzene rings is 1. The minimum absolute atomic E-state index is 0.0886. The van der Waals surface area contributed by atoms with Crippen molar-refractivity contribution in [2.45, 2.75) is 25.9 Å². The molecule has 0 saturated carbocycles. The second-order valence-corrected chi connectivity index (χ2v) is 3.85. The number of carbonyl (C=O) groups is 1. The van der Waals surface area contributed by atoms with E-state index in [0.717, 1.165) is 5.56 Å². The van der Waals surface area contributed by atoms with Crippen LogP contribution >= 0.6 is 0 Å². The molecular weight excluding hydrogens is 212 g/mol. The highest BCUT2D eigenvalue weighted by Crippen LogP contribution is 2.06. The van der Waals surface area contributed by atoms with Gasteiger partial charge in [0.2, 0.25) is 5.91 Å². The average molecular weight is 230 g/mol. The standard InChI is InChI=1S/C14H18N2O/c1-3-8-13(15)14(17)16(4-2)11-12-9-6-5-7-10-12/h1,5-7,9-10,13H,4,8,11,15H2,2H3. The van der Waals surface area contributed by atoms with E-state index in [0.29, 0.717) is 13.1 Å². The van der Waals surface area contributed by atoms with Gasteiger partial charge in [-0.05, 0) is 12.5 Å². The molecule has 1 amide bonds. The summed E-state index contributed by atoms with van der Waals surface area (Å²) < 4.78 is 0. The number of amides is 1. The van der Waals surface area contributed by atoms with Crippen LogP contribution in [-0.2, 0) is 11.3 Å². The highest BCUT2D eigenvalue weighted by molar-refractivity contribution is 5.81. The Labute approximate surface area is 103 Å². The van der Waals surface area contributed by atoms with Gasteiger partial charge >= 0.3 is 0 Å². The van der Waals surface area contributed by atoms with Crippen molar-refractivity contribution in [1.29, 1.82) is 0 Å². The van der Waals surface area contributed by atoms with Crippen molar-refractivity contribution in [3.8, 4) is 12.3 Å². The van der Waals surface area contributed by atoms with Gasteiger partial charge in [-0.15, -0.1) is 12.3 Å². The van der Waals surface area contributed by atoms with Crippen molar-refractivity contribution < 1.29 is 4.79 Å². The molecule has 0 heterocycles. The average Bonchev–Trinajstić information content (AvgIpc) is 2.36. The van der Waals surface area contributed by atoms with E-state index >= 15 is 0 Å². The Hall–Kier alpha value is -1.79. The summed E-state index contributed by atoms with van der Waals surface area (Å²) >= 11 is 0. The highest BCUT2D eigenvalue weighted by Gasteiger charge is 2.18. The SMILES string of the molecule is C#CCC(N)C(=O)N(CC)Cc1ccccc1. The third-order valence-corrected chi connectivity index (χ3v) is 2.56. The molecule has 17 heavy (non-hydrogen) atoms. The molecule has 1 aromatic carbocycles. The molecule has 1 unspecified atom stereocenters. The van der Waals surface area contributed by atoms with Crippen LogP contribution in [0, 0.1) is 12.3 Å². The molecule has 3 nitrogen and oxygen atoms in total. The second kappa shape index (κ2) is 6.72. The smallest absolute Gasteiger partial charge is 0.240 e. The zero-order valence-corrected chi connectivity index (χ0v) is 10.1. The van der Waals surface area contributed by atoms with Gasteiger partial charge in [-0.25, -0.2) is 0 Å². The second-order valence-electron chi connectivity index (χ2n) is 3.85. The van der Waals surface area contributed by atoms with Crippen molar-refractivity contribution in [3.63, 3.8) is 0 Å². The van der Waals surface area contributed by atoms with Crippen LogP contribution < -0.4 is 5.73 Å². The number of carbonyl (C=O) groups excluding carboxylic acids is 1. The number of hydrogen-bond acceptors (Lipinski definition) is 2. The lowest BCUT2D eigenvalue weighted by atomic mass is 10.1. The third-order valence-electron chi connectivity index (χ3n) is 2.56. The van der Waals surface area contributed by atoms with Crippen molar-refractivity contribution in [3.05, 3.63) is 35.9 Å².